The first-order chi connectivity index (χ1) is 13.7. The Hall–Kier alpha value is -3.67. The molecule has 3 heterocycles. The van der Waals surface area contributed by atoms with Gasteiger partial charge in [0.1, 0.15) is 5.84 Å². The number of amides is 1. The fourth-order valence-electron chi connectivity index (χ4n) is 3.88. The predicted molar refractivity (Wildman–Crippen MR) is 104 cm³/mol. The van der Waals surface area contributed by atoms with Gasteiger partial charge in [0.15, 0.2) is 17.3 Å². The van der Waals surface area contributed by atoms with Gasteiger partial charge < -0.3 is 9.47 Å². The van der Waals surface area contributed by atoms with Crippen molar-refractivity contribution >= 4 is 17.6 Å². The lowest BCUT2D eigenvalue weighted by atomic mass is 9.95. The van der Waals surface area contributed by atoms with Crippen molar-refractivity contribution in [1.29, 1.82) is 0 Å². The van der Waals surface area contributed by atoms with E-state index < -0.39 is 0 Å². The molecule has 0 saturated carbocycles. The molecule has 2 aliphatic heterocycles. The van der Waals surface area contributed by atoms with Gasteiger partial charge in [-0.15, -0.1) is 0 Å². The van der Waals surface area contributed by atoms with Gasteiger partial charge in [0, 0.05) is 17.3 Å². The Labute approximate surface area is 162 Å². The number of aromatic nitrogens is 1. The maximum absolute atomic E-state index is 13.3. The van der Waals surface area contributed by atoms with Crippen LogP contribution in [0.2, 0.25) is 0 Å². The van der Waals surface area contributed by atoms with E-state index in [1.807, 2.05) is 54.6 Å². The standard InChI is InChI=1S/C22H17N3O3/c1-27-17-10-9-13(12-18(17)28-2)19-16-8-5-11-23-20(16)24-21-14-6-3-4-7-15(14)22(26)25(19)21/h3-12,19H,1-2H3. The molecule has 28 heavy (non-hydrogen) atoms. The molecule has 0 fully saturated rings. The van der Waals surface area contributed by atoms with Crippen molar-refractivity contribution in [2.75, 3.05) is 14.2 Å². The lowest BCUT2D eigenvalue weighted by molar-refractivity contribution is 0.0830. The number of carbonyl (C=O) groups is 1. The number of methoxy groups -OCH3 is 2. The second kappa shape index (κ2) is 6.20. The van der Waals surface area contributed by atoms with E-state index in [9.17, 15) is 4.79 Å². The van der Waals surface area contributed by atoms with Crippen LogP contribution in [0.1, 0.15) is 33.1 Å². The van der Waals surface area contributed by atoms with Crippen molar-refractivity contribution in [3.63, 3.8) is 0 Å². The second-order valence-electron chi connectivity index (χ2n) is 6.59. The summed E-state index contributed by atoms with van der Waals surface area (Å²) in [4.78, 5) is 24.2. The lowest BCUT2D eigenvalue weighted by Crippen LogP contribution is -2.37. The molecule has 1 aromatic heterocycles. The largest absolute Gasteiger partial charge is 0.493 e. The summed E-state index contributed by atoms with van der Waals surface area (Å²) in [6, 6.07) is 16.7. The molecule has 0 saturated heterocycles. The molecule has 2 aromatic carbocycles. The third-order valence-corrected chi connectivity index (χ3v) is 5.15. The van der Waals surface area contributed by atoms with Crippen LogP contribution in [0.25, 0.3) is 0 Å². The first kappa shape index (κ1) is 16.5. The smallest absolute Gasteiger partial charge is 0.261 e. The van der Waals surface area contributed by atoms with E-state index in [1.54, 1.807) is 25.3 Å². The zero-order valence-corrected chi connectivity index (χ0v) is 15.4. The Bertz CT molecular complexity index is 1140. The minimum atomic E-state index is -0.351. The Morgan fingerprint density at radius 3 is 2.50 bits per heavy atom. The lowest BCUT2D eigenvalue weighted by Gasteiger charge is -2.33. The number of nitrogens with zero attached hydrogens (tertiary/aromatic N) is 3. The molecule has 6 nitrogen and oxygen atoms in total. The Morgan fingerprint density at radius 1 is 0.929 bits per heavy atom. The number of benzene rings is 2. The average Bonchev–Trinajstić information content (AvgIpc) is 3.03. The summed E-state index contributed by atoms with van der Waals surface area (Å²) in [7, 11) is 3.20. The van der Waals surface area contributed by atoms with Crippen LogP contribution < -0.4 is 9.47 Å². The summed E-state index contributed by atoms with van der Waals surface area (Å²) in [6.07, 6.45) is 1.72. The average molecular weight is 371 g/mol. The molecule has 0 spiro atoms. The van der Waals surface area contributed by atoms with E-state index in [-0.39, 0.29) is 11.9 Å². The van der Waals surface area contributed by atoms with Crippen LogP contribution in [0.4, 0.5) is 5.82 Å². The minimum absolute atomic E-state index is 0.0661. The number of carbonyl (C=O) groups excluding carboxylic acids is 1. The molecule has 2 aliphatic rings. The van der Waals surface area contributed by atoms with Gasteiger partial charge in [-0.3, -0.25) is 9.69 Å². The maximum Gasteiger partial charge on any atom is 0.261 e. The van der Waals surface area contributed by atoms with Crippen molar-refractivity contribution in [3.05, 3.63) is 83.0 Å². The van der Waals surface area contributed by atoms with Crippen molar-refractivity contribution < 1.29 is 14.3 Å². The van der Waals surface area contributed by atoms with Crippen LogP contribution in [-0.2, 0) is 0 Å². The van der Waals surface area contributed by atoms with Gasteiger partial charge in [0.25, 0.3) is 5.91 Å². The summed E-state index contributed by atoms with van der Waals surface area (Å²) < 4.78 is 10.8. The monoisotopic (exact) mass is 371 g/mol. The first-order valence-corrected chi connectivity index (χ1v) is 8.91. The van der Waals surface area contributed by atoms with E-state index in [0.717, 1.165) is 16.7 Å². The van der Waals surface area contributed by atoms with Crippen molar-refractivity contribution in [3.8, 4) is 11.5 Å². The quantitative estimate of drug-likeness (QED) is 0.704. The minimum Gasteiger partial charge on any atom is -0.493 e. The van der Waals surface area contributed by atoms with Crippen molar-refractivity contribution in [2.45, 2.75) is 6.04 Å². The number of ether oxygens (including phenoxy) is 2. The van der Waals surface area contributed by atoms with E-state index in [4.69, 9.17) is 14.5 Å². The van der Waals surface area contributed by atoms with Crippen molar-refractivity contribution in [2.24, 2.45) is 4.99 Å². The number of aliphatic imine (C=N–C) groups is 1. The molecule has 0 bridgehead atoms. The zero-order chi connectivity index (χ0) is 19.3. The Balaban J connectivity index is 1.74. The molecule has 0 aliphatic carbocycles. The summed E-state index contributed by atoms with van der Waals surface area (Å²) >= 11 is 0. The number of rotatable bonds is 3. The maximum atomic E-state index is 13.3. The molecule has 138 valence electrons. The molecular weight excluding hydrogens is 354 g/mol. The van der Waals surface area contributed by atoms with Crippen LogP contribution in [0.3, 0.4) is 0 Å². The molecule has 1 atom stereocenters. The van der Waals surface area contributed by atoms with Gasteiger partial charge in [-0.1, -0.05) is 30.3 Å². The zero-order valence-electron chi connectivity index (χ0n) is 15.4. The predicted octanol–water partition coefficient (Wildman–Crippen LogP) is 3.74. The summed E-state index contributed by atoms with van der Waals surface area (Å²) in [5, 5.41) is 0. The highest BCUT2D eigenvalue weighted by atomic mass is 16.5. The molecule has 1 amide bonds. The number of fused-ring (bicyclic) bond motifs is 4. The number of hydrogen-bond acceptors (Lipinski definition) is 5. The fraction of sp³-hybridized carbons (Fsp3) is 0.136. The molecule has 6 heteroatoms. The van der Waals surface area contributed by atoms with Gasteiger partial charge in [-0.2, -0.15) is 0 Å². The van der Waals surface area contributed by atoms with E-state index >= 15 is 0 Å². The third kappa shape index (κ3) is 2.24. The van der Waals surface area contributed by atoms with E-state index in [0.29, 0.717) is 28.7 Å². The molecule has 0 radical (unpaired) electrons. The highest BCUT2D eigenvalue weighted by molar-refractivity contribution is 6.24. The number of hydrogen-bond donors (Lipinski definition) is 0. The third-order valence-electron chi connectivity index (χ3n) is 5.15. The van der Waals surface area contributed by atoms with Crippen LogP contribution in [0, 0.1) is 0 Å². The summed E-state index contributed by atoms with van der Waals surface area (Å²) in [5.41, 5.74) is 3.26. The molecule has 5 rings (SSSR count). The Morgan fingerprint density at radius 2 is 1.71 bits per heavy atom. The van der Waals surface area contributed by atoms with E-state index in [1.165, 1.54) is 0 Å². The number of amidine groups is 1. The van der Waals surface area contributed by atoms with Gasteiger partial charge >= 0.3 is 0 Å². The van der Waals surface area contributed by atoms with E-state index in [2.05, 4.69) is 4.98 Å². The highest BCUT2D eigenvalue weighted by Gasteiger charge is 2.43. The van der Waals surface area contributed by atoms with Gasteiger partial charge in [-0.05, 0) is 29.8 Å². The van der Waals surface area contributed by atoms with Gasteiger partial charge in [-0.25, -0.2) is 9.98 Å². The topological polar surface area (TPSA) is 64.0 Å². The van der Waals surface area contributed by atoms with Crippen LogP contribution in [0.15, 0.2) is 65.8 Å². The molecular formula is C22H17N3O3. The molecule has 1 unspecified atom stereocenters. The molecule has 3 aromatic rings. The van der Waals surface area contributed by atoms with Gasteiger partial charge in [0.05, 0.1) is 25.8 Å². The number of pyridine rings is 1. The van der Waals surface area contributed by atoms with Crippen LogP contribution in [0.5, 0.6) is 11.5 Å². The molecule has 0 N–H and O–H groups in total. The summed E-state index contributed by atoms with van der Waals surface area (Å²) in [5.74, 6) is 2.44. The fourth-order valence-corrected chi connectivity index (χ4v) is 3.88. The SMILES string of the molecule is COc1ccc(C2c3cccnc3N=C3c4ccccc4C(=O)N32)cc1OC. The second-order valence-corrected chi connectivity index (χ2v) is 6.59. The normalized spacial score (nSPS) is 16.8. The Kier molecular flexibility index (Phi) is 3.65. The first-order valence-electron chi connectivity index (χ1n) is 8.91. The highest BCUT2D eigenvalue weighted by Crippen LogP contribution is 2.44. The van der Waals surface area contributed by atoms with Crippen LogP contribution in [-0.4, -0.2) is 35.8 Å². The van der Waals surface area contributed by atoms with Crippen molar-refractivity contribution in [1.82, 2.24) is 9.88 Å². The summed E-state index contributed by atoms with van der Waals surface area (Å²) in [6.45, 7) is 0. The van der Waals surface area contributed by atoms with Gasteiger partial charge in [0.2, 0.25) is 0 Å². The van der Waals surface area contributed by atoms with Crippen LogP contribution >= 0.6 is 0 Å².